The Balaban J connectivity index is 2.22. The molecular weight excluding hydrogens is 234 g/mol. The van der Waals surface area contributed by atoms with Crippen molar-refractivity contribution in [2.45, 2.75) is 44.6 Å². The molecule has 1 fully saturated rings. The average molecular weight is 255 g/mol. The van der Waals surface area contributed by atoms with Crippen molar-refractivity contribution in [3.05, 3.63) is 16.1 Å². The number of methoxy groups -OCH3 is 1. The SMILES string of the molecule is CCC(C)c1csc(C2(OC)CCOCC2)n1. The second-order valence-corrected chi connectivity index (χ2v) is 5.56. The Hall–Kier alpha value is -0.450. The molecule has 2 rings (SSSR count). The van der Waals surface area contributed by atoms with Crippen molar-refractivity contribution in [3.8, 4) is 0 Å². The minimum atomic E-state index is -0.200. The van der Waals surface area contributed by atoms with E-state index in [0.717, 1.165) is 37.5 Å². The van der Waals surface area contributed by atoms with Crippen LogP contribution in [-0.4, -0.2) is 25.3 Å². The van der Waals surface area contributed by atoms with Crippen molar-refractivity contribution in [1.82, 2.24) is 4.98 Å². The topological polar surface area (TPSA) is 31.4 Å². The number of ether oxygens (including phenoxy) is 2. The van der Waals surface area contributed by atoms with Crippen molar-refractivity contribution in [2.75, 3.05) is 20.3 Å². The molecule has 1 aliphatic rings. The average Bonchev–Trinajstić information content (AvgIpc) is 2.88. The van der Waals surface area contributed by atoms with Gasteiger partial charge in [0.05, 0.1) is 5.69 Å². The van der Waals surface area contributed by atoms with Gasteiger partial charge in [-0.15, -0.1) is 11.3 Å². The Labute approximate surface area is 107 Å². The molecule has 0 aromatic carbocycles. The highest BCUT2D eigenvalue weighted by molar-refractivity contribution is 7.09. The summed E-state index contributed by atoms with van der Waals surface area (Å²) in [6, 6.07) is 0. The quantitative estimate of drug-likeness (QED) is 0.827. The van der Waals surface area contributed by atoms with E-state index in [9.17, 15) is 0 Å². The van der Waals surface area contributed by atoms with Gasteiger partial charge in [-0.25, -0.2) is 4.98 Å². The molecule has 1 aromatic rings. The molecule has 0 aliphatic carbocycles. The highest BCUT2D eigenvalue weighted by Crippen LogP contribution is 2.38. The second-order valence-electron chi connectivity index (χ2n) is 4.70. The summed E-state index contributed by atoms with van der Waals surface area (Å²) >= 11 is 1.73. The van der Waals surface area contributed by atoms with Crippen molar-refractivity contribution in [3.63, 3.8) is 0 Å². The zero-order valence-corrected chi connectivity index (χ0v) is 11.7. The summed E-state index contributed by atoms with van der Waals surface area (Å²) in [6.45, 7) is 5.96. The zero-order chi connectivity index (χ0) is 12.3. The molecule has 96 valence electrons. The van der Waals surface area contributed by atoms with E-state index in [2.05, 4.69) is 19.2 Å². The van der Waals surface area contributed by atoms with Crippen LogP contribution >= 0.6 is 11.3 Å². The molecule has 1 saturated heterocycles. The standard InChI is InChI=1S/C13H21NO2S/c1-4-10(2)11-9-17-12(14-11)13(15-3)5-7-16-8-6-13/h9-10H,4-8H2,1-3H3. The summed E-state index contributed by atoms with van der Waals surface area (Å²) in [5, 5.41) is 3.30. The maximum absolute atomic E-state index is 5.76. The molecule has 1 aliphatic heterocycles. The van der Waals surface area contributed by atoms with Crippen LogP contribution in [-0.2, 0) is 15.1 Å². The lowest BCUT2D eigenvalue weighted by molar-refractivity contribution is -0.0949. The molecule has 4 heteroatoms. The monoisotopic (exact) mass is 255 g/mol. The van der Waals surface area contributed by atoms with Crippen molar-refractivity contribution < 1.29 is 9.47 Å². The number of hydrogen-bond acceptors (Lipinski definition) is 4. The predicted molar refractivity (Wildman–Crippen MR) is 69.6 cm³/mol. The fourth-order valence-corrected chi connectivity index (χ4v) is 3.32. The van der Waals surface area contributed by atoms with Gasteiger partial charge in [-0.3, -0.25) is 0 Å². The molecule has 0 N–H and O–H groups in total. The van der Waals surface area contributed by atoms with Crippen molar-refractivity contribution in [2.24, 2.45) is 0 Å². The van der Waals surface area contributed by atoms with E-state index in [1.54, 1.807) is 18.4 Å². The van der Waals surface area contributed by atoms with Crippen LogP contribution in [0.15, 0.2) is 5.38 Å². The Morgan fingerprint density at radius 3 is 2.82 bits per heavy atom. The van der Waals surface area contributed by atoms with Gasteiger partial charge in [0, 0.05) is 38.5 Å². The third-order valence-corrected chi connectivity index (χ3v) is 4.77. The largest absolute Gasteiger partial charge is 0.381 e. The first kappa shape index (κ1) is 13.0. The summed E-state index contributed by atoms with van der Waals surface area (Å²) in [5.41, 5.74) is 1.00. The molecule has 1 unspecified atom stereocenters. The molecular formula is C13H21NO2S. The highest BCUT2D eigenvalue weighted by Gasteiger charge is 2.37. The summed E-state index contributed by atoms with van der Waals surface area (Å²) in [7, 11) is 1.79. The minimum Gasteiger partial charge on any atom is -0.381 e. The fourth-order valence-electron chi connectivity index (χ4n) is 2.14. The molecule has 0 spiro atoms. The lowest BCUT2D eigenvalue weighted by Crippen LogP contribution is -2.35. The van der Waals surface area contributed by atoms with Crippen LogP contribution in [0.2, 0.25) is 0 Å². The van der Waals surface area contributed by atoms with Crippen molar-refractivity contribution in [1.29, 1.82) is 0 Å². The number of nitrogens with zero attached hydrogens (tertiary/aromatic N) is 1. The van der Waals surface area contributed by atoms with E-state index in [4.69, 9.17) is 14.5 Å². The van der Waals surface area contributed by atoms with E-state index < -0.39 is 0 Å². The number of hydrogen-bond donors (Lipinski definition) is 0. The van der Waals surface area contributed by atoms with Crippen molar-refractivity contribution >= 4 is 11.3 Å². The highest BCUT2D eigenvalue weighted by atomic mass is 32.1. The lowest BCUT2D eigenvalue weighted by Gasteiger charge is -2.33. The summed E-state index contributed by atoms with van der Waals surface area (Å²) < 4.78 is 11.2. The van der Waals surface area contributed by atoms with E-state index in [1.807, 2.05) is 0 Å². The van der Waals surface area contributed by atoms with Crippen LogP contribution in [0.5, 0.6) is 0 Å². The van der Waals surface area contributed by atoms with Gasteiger partial charge >= 0.3 is 0 Å². The Morgan fingerprint density at radius 1 is 1.53 bits per heavy atom. The van der Waals surface area contributed by atoms with Gasteiger partial charge in [-0.1, -0.05) is 13.8 Å². The van der Waals surface area contributed by atoms with Gasteiger partial charge in [-0.05, 0) is 12.3 Å². The fraction of sp³-hybridized carbons (Fsp3) is 0.769. The van der Waals surface area contributed by atoms with E-state index in [0.29, 0.717) is 5.92 Å². The van der Waals surface area contributed by atoms with Crippen LogP contribution < -0.4 is 0 Å². The summed E-state index contributed by atoms with van der Waals surface area (Å²) in [5.74, 6) is 0.536. The van der Waals surface area contributed by atoms with Gasteiger partial charge in [0.2, 0.25) is 0 Å². The Kier molecular flexibility index (Phi) is 4.17. The molecule has 2 heterocycles. The number of aromatic nitrogens is 1. The van der Waals surface area contributed by atoms with Gasteiger partial charge < -0.3 is 9.47 Å². The normalized spacial score (nSPS) is 21.4. The third-order valence-electron chi connectivity index (χ3n) is 3.72. The Morgan fingerprint density at radius 2 is 2.24 bits per heavy atom. The van der Waals surface area contributed by atoms with E-state index >= 15 is 0 Å². The number of thiazole rings is 1. The van der Waals surface area contributed by atoms with Gasteiger partial charge in [0.1, 0.15) is 10.6 Å². The zero-order valence-electron chi connectivity index (χ0n) is 10.9. The molecule has 3 nitrogen and oxygen atoms in total. The molecule has 0 amide bonds. The van der Waals surface area contributed by atoms with Gasteiger partial charge in [-0.2, -0.15) is 0 Å². The molecule has 0 saturated carbocycles. The Bertz CT molecular complexity index is 358. The van der Waals surface area contributed by atoms with Gasteiger partial charge in [0.15, 0.2) is 0 Å². The van der Waals surface area contributed by atoms with Crippen LogP contribution in [0.1, 0.15) is 49.7 Å². The first-order valence-corrected chi connectivity index (χ1v) is 7.18. The van der Waals surface area contributed by atoms with E-state index in [1.165, 1.54) is 5.69 Å². The van der Waals surface area contributed by atoms with Gasteiger partial charge in [0.25, 0.3) is 0 Å². The smallest absolute Gasteiger partial charge is 0.125 e. The van der Waals surface area contributed by atoms with E-state index in [-0.39, 0.29) is 5.60 Å². The lowest BCUT2D eigenvalue weighted by atomic mass is 9.94. The molecule has 0 bridgehead atoms. The predicted octanol–water partition coefficient (Wildman–Crippen LogP) is 3.31. The number of rotatable bonds is 4. The third kappa shape index (κ3) is 2.54. The maximum Gasteiger partial charge on any atom is 0.125 e. The van der Waals surface area contributed by atoms with Crippen LogP contribution in [0, 0.1) is 0 Å². The maximum atomic E-state index is 5.76. The van der Waals surface area contributed by atoms with Crippen LogP contribution in [0.25, 0.3) is 0 Å². The second kappa shape index (κ2) is 5.46. The first-order chi connectivity index (χ1) is 8.22. The molecule has 1 aromatic heterocycles. The first-order valence-electron chi connectivity index (χ1n) is 6.30. The molecule has 17 heavy (non-hydrogen) atoms. The van der Waals surface area contributed by atoms with Crippen LogP contribution in [0.3, 0.4) is 0 Å². The molecule has 1 atom stereocenters. The summed E-state index contributed by atoms with van der Waals surface area (Å²) in [6.07, 6.45) is 2.96. The van der Waals surface area contributed by atoms with Crippen LogP contribution in [0.4, 0.5) is 0 Å². The molecule has 0 radical (unpaired) electrons. The summed E-state index contributed by atoms with van der Waals surface area (Å²) in [4.78, 5) is 4.79. The minimum absolute atomic E-state index is 0.200.